The van der Waals surface area contributed by atoms with Gasteiger partial charge in [-0.15, -0.1) is 0 Å². The Labute approximate surface area is 187 Å². The molecule has 0 bridgehead atoms. The molecule has 2 N–H and O–H groups in total. The zero-order chi connectivity index (χ0) is 21.8. The highest BCUT2D eigenvalue weighted by Gasteiger charge is 2.69. The minimum atomic E-state index is -0.420. The summed E-state index contributed by atoms with van der Waals surface area (Å²) in [6, 6.07) is 0. The Bertz CT molecular complexity index is 769. The van der Waals surface area contributed by atoms with E-state index < -0.39 is 6.10 Å². The summed E-state index contributed by atoms with van der Waals surface area (Å²) in [6.45, 7) is 10.4. The van der Waals surface area contributed by atoms with E-state index in [0.717, 1.165) is 32.3 Å². The molecule has 0 radical (unpaired) electrons. The van der Waals surface area contributed by atoms with Crippen LogP contribution in [0.3, 0.4) is 0 Å². The molecule has 6 unspecified atom stereocenters. The summed E-state index contributed by atoms with van der Waals surface area (Å²) in [7, 11) is 0. The van der Waals surface area contributed by atoms with Gasteiger partial charge in [0.05, 0.1) is 24.9 Å². The lowest BCUT2D eigenvalue weighted by molar-refractivity contribution is -0.272. The van der Waals surface area contributed by atoms with Crippen molar-refractivity contribution in [2.75, 3.05) is 6.61 Å². The van der Waals surface area contributed by atoms with Crippen LogP contribution in [0.15, 0.2) is 11.6 Å². The molecule has 0 aromatic rings. The number of aliphatic hydroxyl groups is 2. The van der Waals surface area contributed by atoms with Crippen molar-refractivity contribution in [3.8, 4) is 0 Å². The molecule has 1 spiro atoms. The zero-order valence-corrected chi connectivity index (χ0v) is 19.8. The molecule has 4 heteroatoms. The Kier molecular flexibility index (Phi) is 4.64. The van der Waals surface area contributed by atoms with Crippen molar-refractivity contribution < 1.29 is 19.7 Å². The molecule has 0 aromatic heterocycles. The molecule has 12 atom stereocenters. The number of ether oxygens (including phenoxy) is 2. The van der Waals surface area contributed by atoms with Gasteiger partial charge < -0.3 is 19.7 Å². The molecule has 4 nitrogen and oxygen atoms in total. The number of hydrogen-bond donors (Lipinski definition) is 2. The normalized spacial score (nSPS) is 60.7. The van der Waals surface area contributed by atoms with Gasteiger partial charge in [0.2, 0.25) is 0 Å². The summed E-state index contributed by atoms with van der Waals surface area (Å²) in [5.74, 6) is 3.17. The van der Waals surface area contributed by atoms with Crippen molar-refractivity contribution in [1.29, 1.82) is 0 Å². The van der Waals surface area contributed by atoms with Crippen LogP contribution in [0.5, 0.6) is 0 Å². The molecule has 5 fully saturated rings. The first-order valence-corrected chi connectivity index (χ1v) is 13.1. The van der Waals surface area contributed by atoms with Crippen LogP contribution in [0.4, 0.5) is 0 Å². The first kappa shape index (κ1) is 21.1. The van der Waals surface area contributed by atoms with E-state index in [9.17, 15) is 10.2 Å². The summed E-state index contributed by atoms with van der Waals surface area (Å²) < 4.78 is 13.3. The van der Waals surface area contributed by atoms with Crippen molar-refractivity contribution in [2.45, 2.75) is 103 Å². The molecular weight excluding hydrogens is 388 g/mol. The number of fused-ring (bicyclic) bond motifs is 7. The third-order valence-corrected chi connectivity index (χ3v) is 11.4. The van der Waals surface area contributed by atoms with Crippen LogP contribution in [-0.4, -0.2) is 40.9 Å². The molecule has 0 amide bonds. The molecular formula is C27H42O4. The van der Waals surface area contributed by atoms with Crippen LogP contribution in [-0.2, 0) is 9.47 Å². The highest BCUT2D eigenvalue weighted by Crippen LogP contribution is 2.70. The maximum atomic E-state index is 11.1. The van der Waals surface area contributed by atoms with Gasteiger partial charge in [-0.25, -0.2) is 0 Å². The Balaban J connectivity index is 1.29. The Morgan fingerprint density at radius 2 is 1.84 bits per heavy atom. The van der Waals surface area contributed by atoms with Crippen molar-refractivity contribution in [2.24, 2.45) is 46.3 Å². The molecule has 0 aromatic carbocycles. The maximum absolute atomic E-state index is 11.1. The zero-order valence-electron chi connectivity index (χ0n) is 19.8. The standard InChI is InChI=1S/C27H42O4/c1-15-7-10-27(30-14-15)16(2)24-22(31-27)13-21-19-6-5-17-11-18(28)12-23(29)26(17,4)20(19)8-9-25(21,24)3/h5,15-16,18-24,28-29H,6-14H2,1-4H3/t15?,16-,18+,19?,20?,21?,22-,23+,24?,25-,26-,27?/m0/s1. The molecule has 4 aliphatic carbocycles. The fourth-order valence-corrected chi connectivity index (χ4v) is 9.72. The van der Waals surface area contributed by atoms with Gasteiger partial charge in [0.1, 0.15) is 0 Å². The third-order valence-electron chi connectivity index (χ3n) is 11.4. The first-order chi connectivity index (χ1) is 14.7. The highest BCUT2D eigenvalue weighted by molar-refractivity contribution is 5.28. The third kappa shape index (κ3) is 2.68. The van der Waals surface area contributed by atoms with Crippen molar-refractivity contribution in [3.63, 3.8) is 0 Å². The van der Waals surface area contributed by atoms with Gasteiger partial charge in [-0.3, -0.25) is 0 Å². The van der Waals surface area contributed by atoms with Gasteiger partial charge in [0.15, 0.2) is 5.79 Å². The molecule has 3 saturated carbocycles. The van der Waals surface area contributed by atoms with Crippen molar-refractivity contribution in [3.05, 3.63) is 11.6 Å². The molecule has 31 heavy (non-hydrogen) atoms. The molecule has 174 valence electrons. The monoisotopic (exact) mass is 430 g/mol. The molecule has 2 saturated heterocycles. The first-order valence-electron chi connectivity index (χ1n) is 13.1. The maximum Gasteiger partial charge on any atom is 0.171 e. The number of allylic oxidation sites excluding steroid dienone is 1. The molecule has 6 rings (SSSR count). The Morgan fingerprint density at radius 3 is 2.58 bits per heavy atom. The average molecular weight is 431 g/mol. The van der Waals surface area contributed by atoms with Crippen molar-refractivity contribution in [1.82, 2.24) is 0 Å². The number of hydrogen-bond acceptors (Lipinski definition) is 4. The van der Waals surface area contributed by atoms with Crippen LogP contribution in [0.25, 0.3) is 0 Å². The van der Waals surface area contributed by atoms with Crippen LogP contribution in [0, 0.1) is 46.3 Å². The highest BCUT2D eigenvalue weighted by atomic mass is 16.7. The van der Waals surface area contributed by atoms with Gasteiger partial charge in [-0.1, -0.05) is 39.3 Å². The van der Waals surface area contributed by atoms with Crippen molar-refractivity contribution >= 4 is 0 Å². The molecule has 2 aliphatic heterocycles. The fraction of sp³-hybridized carbons (Fsp3) is 0.926. The lowest BCUT2D eigenvalue weighted by Gasteiger charge is -2.59. The Hall–Kier alpha value is -0.420. The second-order valence-electron chi connectivity index (χ2n) is 12.8. The average Bonchev–Trinajstić information content (AvgIpc) is 3.16. The van der Waals surface area contributed by atoms with Crippen LogP contribution < -0.4 is 0 Å². The van der Waals surface area contributed by atoms with Gasteiger partial charge in [-0.2, -0.15) is 0 Å². The van der Waals surface area contributed by atoms with Crippen LogP contribution in [0.2, 0.25) is 0 Å². The number of rotatable bonds is 0. The molecule has 6 aliphatic rings. The minimum absolute atomic E-state index is 0.155. The van der Waals surface area contributed by atoms with Gasteiger partial charge in [-0.05, 0) is 73.5 Å². The quantitative estimate of drug-likeness (QED) is 0.548. The second kappa shape index (κ2) is 6.81. The van der Waals surface area contributed by atoms with Crippen LogP contribution in [0.1, 0.15) is 79.1 Å². The van der Waals surface area contributed by atoms with E-state index in [1.54, 1.807) is 0 Å². The minimum Gasteiger partial charge on any atom is -0.393 e. The van der Waals surface area contributed by atoms with E-state index in [4.69, 9.17) is 9.47 Å². The summed E-state index contributed by atoms with van der Waals surface area (Å²) >= 11 is 0. The van der Waals surface area contributed by atoms with E-state index in [1.807, 2.05) is 0 Å². The summed E-state index contributed by atoms with van der Waals surface area (Å²) in [6.07, 6.45) is 10.2. The van der Waals surface area contributed by atoms with E-state index in [-0.39, 0.29) is 17.3 Å². The van der Waals surface area contributed by atoms with Gasteiger partial charge in [0, 0.05) is 24.2 Å². The fourth-order valence-electron chi connectivity index (χ4n) is 9.72. The predicted octanol–water partition coefficient (Wildman–Crippen LogP) is 4.68. The largest absolute Gasteiger partial charge is 0.393 e. The summed E-state index contributed by atoms with van der Waals surface area (Å²) in [5, 5.41) is 21.4. The summed E-state index contributed by atoms with van der Waals surface area (Å²) in [4.78, 5) is 0. The van der Waals surface area contributed by atoms with Crippen LogP contribution >= 0.6 is 0 Å². The number of aliphatic hydroxyl groups excluding tert-OH is 2. The van der Waals surface area contributed by atoms with E-state index in [2.05, 4.69) is 33.8 Å². The predicted molar refractivity (Wildman–Crippen MR) is 119 cm³/mol. The lowest BCUT2D eigenvalue weighted by atomic mass is 9.46. The molecule has 2 heterocycles. The summed E-state index contributed by atoms with van der Waals surface area (Å²) in [5.41, 5.74) is 1.48. The lowest BCUT2D eigenvalue weighted by Crippen LogP contribution is -2.56. The SMILES string of the molecule is CC1CCC2(OC1)O[C@H]1CC3C4CC=C5C[C@@H](O)C[C@@H](O)[C@]5(C)C4CC[C@]3(C)C1[C@@H]2C. The Morgan fingerprint density at radius 1 is 1.03 bits per heavy atom. The van der Waals surface area contributed by atoms with E-state index >= 15 is 0 Å². The van der Waals surface area contributed by atoms with E-state index in [0.29, 0.717) is 53.4 Å². The second-order valence-corrected chi connectivity index (χ2v) is 12.8. The van der Waals surface area contributed by atoms with Gasteiger partial charge >= 0.3 is 0 Å². The smallest absolute Gasteiger partial charge is 0.171 e. The topological polar surface area (TPSA) is 58.9 Å². The van der Waals surface area contributed by atoms with E-state index in [1.165, 1.54) is 24.8 Å². The van der Waals surface area contributed by atoms with Gasteiger partial charge in [0.25, 0.3) is 0 Å².